The quantitative estimate of drug-likeness (QED) is 0.903. The summed E-state index contributed by atoms with van der Waals surface area (Å²) in [5, 5.41) is 3.46. The summed E-state index contributed by atoms with van der Waals surface area (Å²) in [4.78, 5) is 1.66. The van der Waals surface area contributed by atoms with Crippen LogP contribution in [0.4, 0.5) is 13.2 Å². The molecule has 0 bridgehead atoms. The predicted octanol–water partition coefficient (Wildman–Crippen LogP) is 2.63. The zero-order valence-electron chi connectivity index (χ0n) is 8.95. The number of rotatable bonds is 2. The standard InChI is InChI=1S/C10H10F3N3S/c1-16-7(4-9(15-16)10(11,12)13)8-3-2-6(5-14)17-8/h2-4H,5,14H2,1H3. The van der Waals surface area contributed by atoms with Gasteiger partial charge in [0.15, 0.2) is 5.69 Å². The van der Waals surface area contributed by atoms with Gasteiger partial charge >= 0.3 is 6.18 Å². The molecule has 0 fully saturated rings. The van der Waals surface area contributed by atoms with E-state index in [1.807, 2.05) is 0 Å². The largest absolute Gasteiger partial charge is 0.435 e. The van der Waals surface area contributed by atoms with E-state index in [1.165, 1.54) is 23.1 Å². The summed E-state index contributed by atoms with van der Waals surface area (Å²) in [5.74, 6) is 0. The SMILES string of the molecule is Cn1nc(C(F)(F)F)cc1-c1ccc(CN)s1. The number of nitrogens with two attached hydrogens (primary N) is 1. The minimum atomic E-state index is -4.41. The van der Waals surface area contributed by atoms with Gasteiger partial charge in [0.1, 0.15) is 0 Å². The van der Waals surface area contributed by atoms with Gasteiger partial charge in [-0.05, 0) is 18.2 Å². The molecule has 0 amide bonds. The lowest BCUT2D eigenvalue weighted by Crippen LogP contribution is -2.06. The highest BCUT2D eigenvalue weighted by Crippen LogP contribution is 2.33. The first-order chi connectivity index (χ1) is 7.91. The topological polar surface area (TPSA) is 43.8 Å². The molecule has 0 aliphatic rings. The predicted molar refractivity (Wildman–Crippen MR) is 59.4 cm³/mol. The lowest BCUT2D eigenvalue weighted by molar-refractivity contribution is -0.141. The molecule has 0 saturated heterocycles. The van der Waals surface area contributed by atoms with Gasteiger partial charge in [0.05, 0.1) is 10.6 Å². The van der Waals surface area contributed by atoms with Crippen molar-refractivity contribution in [3.63, 3.8) is 0 Å². The van der Waals surface area contributed by atoms with Crippen LogP contribution in [0.2, 0.25) is 0 Å². The van der Waals surface area contributed by atoms with E-state index in [-0.39, 0.29) is 0 Å². The first-order valence-corrected chi connectivity index (χ1v) is 5.64. The minimum absolute atomic E-state index is 0.384. The van der Waals surface area contributed by atoms with Gasteiger partial charge in [-0.1, -0.05) is 0 Å². The van der Waals surface area contributed by atoms with Crippen molar-refractivity contribution >= 4 is 11.3 Å². The molecule has 0 spiro atoms. The Hall–Kier alpha value is -1.34. The molecule has 3 nitrogen and oxygen atoms in total. The van der Waals surface area contributed by atoms with Crippen molar-refractivity contribution < 1.29 is 13.2 Å². The fraction of sp³-hybridized carbons (Fsp3) is 0.300. The zero-order chi connectivity index (χ0) is 12.6. The number of hydrogen-bond donors (Lipinski definition) is 1. The maximum absolute atomic E-state index is 12.5. The highest BCUT2D eigenvalue weighted by atomic mass is 32.1. The third-order valence-corrected chi connectivity index (χ3v) is 3.42. The lowest BCUT2D eigenvalue weighted by Gasteiger charge is -1.98. The second-order valence-electron chi connectivity index (χ2n) is 3.51. The monoisotopic (exact) mass is 261 g/mol. The summed E-state index contributed by atoms with van der Waals surface area (Å²) in [6.07, 6.45) is -4.41. The minimum Gasteiger partial charge on any atom is -0.326 e. The molecule has 17 heavy (non-hydrogen) atoms. The molecule has 0 unspecified atom stereocenters. The van der Waals surface area contributed by atoms with E-state index in [2.05, 4.69) is 5.10 Å². The van der Waals surface area contributed by atoms with Gasteiger partial charge in [0, 0.05) is 18.5 Å². The molecule has 2 N–H and O–H groups in total. The molecule has 0 aliphatic heterocycles. The Morgan fingerprint density at radius 3 is 2.59 bits per heavy atom. The molecule has 2 aromatic rings. The summed E-state index contributed by atoms with van der Waals surface area (Å²) >= 11 is 1.37. The van der Waals surface area contributed by atoms with Crippen LogP contribution < -0.4 is 5.73 Å². The molecule has 0 aromatic carbocycles. The summed E-state index contributed by atoms with van der Waals surface area (Å²) < 4.78 is 38.7. The Balaban J connectivity index is 2.42. The van der Waals surface area contributed by atoms with Gasteiger partial charge in [0.25, 0.3) is 0 Å². The molecule has 92 valence electrons. The Kier molecular flexibility index (Phi) is 2.96. The van der Waals surface area contributed by atoms with Gasteiger partial charge in [0.2, 0.25) is 0 Å². The van der Waals surface area contributed by atoms with Gasteiger partial charge in [-0.15, -0.1) is 11.3 Å². The van der Waals surface area contributed by atoms with E-state index < -0.39 is 11.9 Å². The van der Waals surface area contributed by atoms with E-state index in [4.69, 9.17) is 5.73 Å². The van der Waals surface area contributed by atoms with E-state index >= 15 is 0 Å². The van der Waals surface area contributed by atoms with E-state index in [0.29, 0.717) is 12.2 Å². The molecule has 2 heterocycles. The lowest BCUT2D eigenvalue weighted by atomic mass is 10.3. The van der Waals surface area contributed by atoms with E-state index in [0.717, 1.165) is 15.8 Å². The number of alkyl halides is 3. The summed E-state index contributed by atoms with van der Waals surface area (Å²) in [6, 6.07) is 4.61. The Morgan fingerprint density at radius 1 is 1.41 bits per heavy atom. The van der Waals surface area contributed by atoms with Crippen molar-refractivity contribution in [1.82, 2.24) is 9.78 Å². The zero-order valence-corrected chi connectivity index (χ0v) is 9.77. The smallest absolute Gasteiger partial charge is 0.326 e. The van der Waals surface area contributed by atoms with Crippen molar-refractivity contribution in [3.05, 3.63) is 28.8 Å². The molecule has 0 radical (unpaired) electrons. The third-order valence-electron chi connectivity index (χ3n) is 2.29. The summed E-state index contributed by atoms with van der Waals surface area (Å²) in [7, 11) is 1.49. The molecule has 2 aromatic heterocycles. The van der Waals surface area contributed by atoms with Crippen LogP contribution in [0, 0.1) is 0 Å². The van der Waals surface area contributed by atoms with Crippen LogP contribution in [-0.4, -0.2) is 9.78 Å². The van der Waals surface area contributed by atoms with E-state index in [9.17, 15) is 13.2 Å². The fourth-order valence-electron chi connectivity index (χ4n) is 1.46. The average Bonchev–Trinajstić information content (AvgIpc) is 2.82. The van der Waals surface area contributed by atoms with Crippen LogP contribution in [0.3, 0.4) is 0 Å². The number of thiophene rings is 1. The second-order valence-corrected chi connectivity index (χ2v) is 4.67. The average molecular weight is 261 g/mol. The van der Waals surface area contributed by atoms with Crippen molar-refractivity contribution in [1.29, 1.82) is 0 Å². The molecular weight excluding hydrogens is 251 g/mol. The first kappa shape index (κ1) is 12.1. The number of nitrogens with zero attached hydrogens (tertiary/aromatic N) is 2. The van der Waals surface area contributed by atoms with Crippen LogP contribution >= 0.6 is 11.3 Å². The van der Waals surface area contributed by atoms with Crippen LogP contribution in [0.15, 0.2) is 18.2 Å². The van der Waals surface area contributed by atoms with Crippen molar-refractivity contribution in [2.75, 3.05) is 0 Å². The highest BCUT2D eigenvalue weighted by Gasteiger charge is 2.34. The van der Waals surface area contributed by atoms with Gasteiger partial charge < -0.3 is 5.73 Å². The van der Waals surface area contributed by atoms with Gasteiger partial charge in [-0.2, -0.15) is 18.3 Å². The normalized spacial score (nSPS) is 12.1. The van der Waals surface area contributed by atoms with E-state index in [1.54, 1.807) is 12.1 Å². The number of hydrogen-bond acceptors (Lipinski definition) is 3. The van der Waals surface area contributed by atoms with Crippen LogP contribution in [0.25, 0.3) is 10.6 Å². The molecule has 0 aliphatic carbocycles. The van der Waals surface area contributed by atoms with Crippen LogP contribution in [0.1, 0.15) is 10.6 Å². The summed E-state index contributed by atoms with van der Waals surface area (Å²) in [6.45, 7) is 0.384. The molecule has 0 saturated carbocycles. The maximum Gasteiger partial charge on any atom is 0.435 e. The molecular formula is C10H10F3N3S. The summed E-state index contributed by atoms with van der Waals surface area (Å²) in [5.41, 5.74) is 5.03. The number of halogens is 3. The molecule has 2 rings (SSSR count). The van der Waals surface area contributed by atoms with Gasteiger partial charge in [-0.3, -0.25) is 4.68 Å². The maximum atomic E-state index is 12.5. The third kappa shape index (κ3) is 2.34. The number of aryl methyl sites for hydroxylation is 1. The Morgan fingerprint density at radius 2 is 2.12 bits per heavy atom. The fourth-order valence-corrected chi connectivity index (χ4v) is 2.40. The van der Waals surface area contributed by atoms with Crippen LogP contribution in [-0.2, 0) is 19.8 Å². The molecule has 0 atom stereocenters. The Bertz CT molecular complexity index is 527. The van der Waals surface area contributed by atoms with Crippen LogP contribution in [0.5, 0.6) is 0 Å². The highest BCUT2D eigenvalue weighted by molar-refractivity contribution is 7.15. The van der Waals surface area contributed by atoms with Crippen molar-refractivity contribution in [2.45, 2.75) is 12.7 Å². The first-order valence-electron chi connectivity index (χ1n) is 4.82. The second kappa shape index (κ2) is 4.15. The number of aromatic nitrogens is 2. The Labute approximate surface area is 99.7 Å². The van der Waals surface area contributed by atoms with Crippen molar-refractivity contribution in [3.8, 4) is 10.6 Å². The molecule has 7 heteroatoms. The van der Waals surface area contributed by atoms with Gasteiger partial charge in [-0.25, -0.2) is 0 Å². The van der Waals surface area contributed by atoms with Crippen molar-refractivity contribution in [2.24, 2.45) is 12.8 Å².